The van der Waals surface area contributed by atoms with Gasteiger partial charge in [0.2, 0.25) is 0 Å². The molecule has 0 aromatic carbocycles. The monoisotopic (exact) mass is 348 g/mol. The van der Waals surface area contributed by atoms with Crippen molar-refractivity contribution in [2.75, 3.05) is 0 Å². The van der Waals surface area contributed by atoms with E-state index in [9.17, 15) is 0 Å². The molecule has 13 heavy (non-hydrogen) atoms. The molecule has 82 valence electrons. The summed E-state index contributed by atoms with van der Waals surface area (Å²) in [6, 6.07) is 0. The Morgan fingerprint density at radius 3 is 0.615 bits per heavy atom. The van der Waals surface area contributed by atoms with Crippen LogP contribution in [-0.2, 0) is 20.8 Å². The molecule has 0 atom stereocenters. The zero-order chi connectivity index (χ0) is 9.00. The standard InChI is InChI=1S/2H3N.2H2O4S.Sn/c;;2*1-5(2,3)4;/h2*1H3;2*(H2,1,2,3,4);/q;;;;+2/p-2. The third kappa shape index (κ3) is 6480. The Morgan fingerprint density at radius 1 is 0.615 bits per heavy atom. The van der Waals surface area contributed by atoms with E-state index >= 15 is 0 Å². The fourth-order valence-corrected chi connectivity index (χ4v) is 0. The van der Waals surface area contributed by atoms with E-state index in [0.29, 0.717) is 0 Å². The van der Waals surface area contributed by atoms with Gasteiger partial charge in [-0.25, -0.2) is 0 Å². The first-order chi connectivity index (χ1) is 4.00. The summed E-state index contributed by atoms with van der Waals surface area (Å²) in [6.07, 6.45) is 0. The maximum Gasteiger partial charge on any atom is 2.00 e. The van der Waals surface area contributed by atoms with Gasteiger partial charge < -0.3 is 30.5 Å². The molecular formula is H8N2O8S2Sn. The van der Waals surface area contributed by atoms with E-state index in [2.05, 4.69) is 0 Å². The van der Waals surface area contributed by atoms with Gasteiger partial charge in [-0.3, -0.25) is 16.8 Å². The van der Waals surface area contributed by atoms with E-state index in [4.69, 9.17) is 35.0 Å². The molecule has 0 aliphatic rings. The van der Waals surface area contributed by atoms with E-state index in [0.717, 1.165) is 0 Å². The molecule has 0 aromatic rings. The van der Waals surface area contributed by atoms with Crippen molar-refractivity contribution >= 4 is 44.7 Å². The Kier molecular flexibility index (Phi) is 23.7. The molecule has 0 saturated carbocycles. The predicted molar refractivity (Wildman–Crippen MR) is 38.7 cm³/mol. The smallest absolute Gasteiger partial charge is 0.759 e. The van der Waals surface area contributed by atoms with Gasteiger partial charge in [-0.05, 0) is 0 Å². The third-order valence-electron chi connectivity index (χ3n) is 0. The minimum absolute atomic E-state index is 0. The van der Waals surface area contributed by atoms with Gasteiger partial charge in [-0.2, -0.15) is 0 Å². The van der Waals surface area contributed by atoms with Crippen molar-refractivity contribution in [3.63, 3.8) is 0 Å². The molecule has 0 aliphatic heterocycles. The topological polar surface area (TPSA) is 234 Å². The molecule has 0 aliphatic carbocycles. The summed E-state index contributed by atoms with van der Waals surface area (Å²) >= 11 is 0. The number of rotatable bonds is 0. The molecule has 8 N–H and O–H groups in total. The van der Waals surface area contributed by atoms with Gasteiger partial charge in [0, 0.05) is 20.8 Å². The summed E-state index contributed by atoms with van der Waals surface area (Å²) in [5.41, 5.74) is 0. The molecule has 0 unspecified atom stereocenters. The summed E-state index contributed by atoms with van der Waals surface area (Å²) in [5, 5.41) is 0. The SMILES string of the molecule is O=S(=O)([O-])[O-].O=S(=O)([O-])[O-].[NH4+].[NH4+].[Sn+2]. The van der Waals surface area contributed by atoms with E-state index in [-0.39, 0.29) is 36.2 Å². The normalized spacial score (nSPS) is 8.92. The first kappa shape index (κ1) is 29.2. The van der Waals surface area contributed by atoms with Crippen LogP contribution in [-0.4, -0.2) is 59.0 Å². The minimum Gasteiger partial charge on any atom is -0.759 e. The van der Waals surface area contributed by atoms with Crippen LogP contribution in [0.2, 0.25) is 0 Å². The summed E-state index contributed by atoms with van der Waals surface area (Å²) < 4.78 is 68.2. The zero-order valence-corrected chi connectivity index (χ0v) is 11.1. The van der Waals surface area contributed by atoms with E-state index in [1.807, 2.05) is 0 Å². The van der Waals surface area contributed by atoms with Gasteiger partial charge in [0.05, 0.1) is 0 Å². The molecule has 0 fully saturated rings. The molecule has 0 aromatic heterocycles. The molecule has 0 bridgehead atoms. The summed E-state index contributed by atoms with van der Waals surface area (Å²) in [4.78, 5) is 0. The molecule has 13 heteroatoms. The van der Waals surface area contributed by atoms with Crippen molar-refractivity contribution < 1.29 is 35.0 Å². The Balaban J connectivity index is -0.0000000267. The first-order valence-electron chi connectivity index (χ1n) is 1.33. The van der Waals surface area contributed by atoms with Crippen LogP contribution >= 0.6 is 0 Å². The number of hydrogen-bond donors (Lipinski definition) is 2. The van der Waals surface area contributed by atoms with Gasteiger partial charge in [0.15, 0.2) is 0 Å². The molecule has 0 heterocycles. The molecule has 10 nitrogen and oxygen atoms in total. The van der Waals surface area contributed by atoms with Crippen molar-refractivity contribution in [2.24, 2.45) is 0 Å². The second-order valence-corrected chi connectivity index (χ2v) is 2.45. The Labute approximate surface area is 92.0 Å². The van der Waals surface area contributed by atoms with E-state index in [1.54, 1.807) is 0 Å². The fourth-order valence-electron chi connectivity index (χ4n) is 0. The van der Waals surface area contributed by atoms with Gasteiger partial charge in [0.1, 0.15) is 0 Å². The maximum atomic E-state index is 8.52. The molecule has 0 saturated heterocycles. The number of quaternary nitrogens is 2. The first-order valence-corrected chi connectivity index (χ1v) is 4.00. The van der Waals surface area contributed by atoms with Crippen molar-refractivity contribution in [3.05, 3.63) is 0 Å². The summed E-state index contributed by atoms with van der Waals surface area (Å²) in [5.74, 6) is 0. The zero-order valence-electron chi connectivity index (χ0n) is 6.58. The van der Waals surface area contributed by atoms with Gasteiger partial charge in [-0.15, -0.1) is 0 Å². The van der Waals surface area contributed by atoms with Crippen LogP contribution in [0, 0.1) is 0 Å². The van der Waals surface area contributed by atoms with Crippen molar-refractivity contribution in [1.29, 1.82) is 0 Å². The third-order valence-corrected chi connectivity index (χ3v) is 0. The van der Waals surface area contributed by atoms with Crippen LogP contribution in [0.5, 0.6) is 0 Å². The average Bonchev–Trinajstić information content (AvgIpc) is 1.12. The van der Waals surface area contributed by atoms with Crippen molar-refractivity contribution in [3.8, 4) is 0 Å². The van der Waals surface area contributed by atoms with E-state index < -0.39 is 20.8 Å². The van der Waals surface area contributed by atoms with Gasteiger partial charge in [0.25, 0.3) is 0 Å². The molecule has 0 spiro atoms. The quantitative estimate of drug-likeness (QED) is 0.274. The van der Waals surface area contributed by atoms with E-state index in [1.165, 1.54) is 0 Å². The summed E-state index contributed by atoms with van der Waals surface area (Å²) in [7, 11) is -10.3. The second kappa shape index (κ2) is 10.5. The molecule has 2 radical (unpaired) electrons. The fraction of sp³-hybridized carbons (Fsp3) is 0. The second-order valence-electron chi connectivity index (χ2n) is 0.816. The van der Waals surface area contributed by atoms with Crippen molar-refractivity contribution in [2.45, 2.75) is 0 Å². The van der Waals surface area contributed by atoms with Crippen LogP contribution in [0.25, 0.3) is 0 Å². The largest absolute Gasteiger partial charge is 2.00 e. The van der Waals surface area contributed by atoms with Crippen LogP contribution in [0.1, 0.15) is 0 Å². The minimum atomic E-state index is -5.17. The van der Waals surface area contributed by atoms with Crippen LogP contribution < -0.4 is 12.3 Å². The van der Waals surface area contributed by atoms with Crippen LogP contribution in [0.4, 0.5) is 0 Å². The molecule has 0 amide bonds. The Bertz CT molecular complexity index is 217. The number of hydrogen-bond acceptors (Lipinski definition) is 8. The van der Waals surface area contributed by atoms with Crippen LogP contribution in [0.15, 0.2) is 0 Å². The Hall–Kier alpha value is 0.459. The van der Waals surface area contributed by atoms with Gasteiger partial charge in [-0.1, -0.05) is 0 Å². The van der Waals surface area contributed by atoms with Crippen molar-refractivity contribution in [1.82, 2.24) is 12.3 Å². The molecule has 0 rings (SSSR count). The maximum absolute atomic E-state index is 8.52. The molecular weight excluding hydrogens is 339 g/mol. The Morgan fingerprint density at radius 2 is 0.615 bits per heavy atom. The predicted octanol–water partition coefficient (Wildman–Crippen LogP) is -2.30. The average molecular weight is 347 g/mol. The summed E-state index contributed by atoms with van der Waals surface area (Å²) in [6.45, 7) is 0. The van der Waals surface area contributed by atoms with Gasteiger partial charge >= 0.3 is 23.9 Å². The van der Waals surface area contributed by atoms with Crippen LogP contribution in [0.3, 0.4) is 0 Å².